The van der Waals surface area contributed by atoms with Gasteiger partial charge in [-0.2, -0.15) is 10.1 Å². The first-order valence-electron chi connectivity index (χ1n) is 20.5. The zero-order valence-electron chi connectivity index (χ0n) is 34.1. The maximum absolute atomic E-state index is 6.68. The van der Waals surface area contributed by atoms with Crippen LogP contribution in [0, 0.1) is 5.92 Å². The Morgan fingerprint density at radius 2 is 1.81 bits per heavy atom. The number of piperidine rings is 2. The largest absolute Gasteiger partial charge is 0.370 e. The fourth-order valence-corrected chi connectivity index (χ4v) is 9.29. The van der Waals surface area contributed by atoms with Crippen LogP contribution in [-0.4, -0.2) is 77.0 Å². The lowest BCUT2D eigenvalue weighted by Gasteiger charge is -2.43. The van der Waals surface area contributed by atoms with Crippen LogP contribution >= 0.6 is 11.6 Å². The quantitative estimate of drug-likeness (QED) is 0.153. The number of hydrogen-bond acceptors (Lipinski definition) is 9. The molecule has 4 aromatic rings. The van der Waals surface area contributed by atoms with Crippen molar-refractivity contribution in [1.29, 1.82) is 0 Å². The third-order valence-electron chi connectivity index (χ3n) is 12.5. The molecule has 11 heteroatoms. The second-order valence-corrected chi connectivity index (χ2v) is 17.1. The van der Waals surface area contributed by atoms with Crippen molar-refractivity contribution in [2.75, 3.05) is 66.3 Å². The van der Waals surface area contributed by atoms with E-state index in [0.29, 0.717) is 28.7 Å². The van der Waals surface area contributed by atoms with Crippen molar-refractivity contribution in [2.24, 2.45) is 13.0 Å². The van der Waals surface area contributed by atoms with Gasteiger partial charge in [-0.15, -0.1) is 6.58 Å². The molecule has 0 radical (unpaired) electrons. The van der Waals surface area contributed by atoms with E-state index in [1.807, 2.05) is 0 Å². The minimum absolute atomic E-state index is 0.195. The van der Waals surface area contributed by atoms with Crippen LogP contribution in [0.2, 0.25) is 5.02 Å². The molecule has 2 aromatic carbocycles. The van der Waals surface area contributed by atoms with Crippen molar-refractivity contribution < 1.29 is 0 Å². The molecule has 0 amide bonds. The highest BCUT2D eigenvalue weighted by Crippen LogP contribution is 2.40. The van der Waals surface area contributed by atoms with Crippen molar-refractivity contribution in [2.45, 2.75) is 64.3 Å². The summed E-state index contributed by atoms with van der Waals surface area (Å²) in [7, 11) is 4.16. The Labute approximate surface area is 343 Å². The molecule has 0 aliphatic carbocycles. The van der Waals surface area contributed by atoms with E-state index in [4.69, 9.17) is 21.7 Å². The van der Waals surface area contributed by atoms with E-state index in [1.165, 1.54) is 40.6 Å². The second kappa shape index (κ2) is 16.1. The molecule has 4 aliphatic rings. The molecule has 0 bridgehead atoms. The average Bonchev–Trinajstić information content (AvgIpc) is 3.53. The van der Waals surface area contributed by atoms with Gasteiger partial charge in [-0.05, 0) is 94.2 Å². The van der Waals surface area contributed by atoms with E-state index in [1.54, 1.807) is 6.20 Å². The number of aromatic nitrogens is 4. The van der Waals surface area contributed by atoms with Gasteiger partial charge in [0.15, 0.2) is 5.82 Å². The highest BCUT2D eigenvalue weighted by Gasteiger charge is 2.31. The van der Waals surface area contributed by atoms with Gasteiger partial charge in [0.05, 0.1) is 23.1 Å². The minimum atomic E-state index is 0.195. The predicted octanol–water partition coefficient (Wildman–Crippen LogP) is 9.39. The molecule has 4 aliphatic heterocycles. The van der Waals surface area contributed by atoms with E-state index in [-0.39, 0.29) is 5.92 Å². The maximum Gasteiger partial charge on any atom is 0.227 e. The van der Waals surface area contributed by atoms with Crippen LogP contribution < -0.4 is 25.3 Å². The van der Waals surface area contributed by atoms with Gasteiger partial charge in [-0.25, -0.2) is 4.98 Å². The number of aryl methyl sites for hydroxylation is 1. The van der Waals surface area contributed by atoms with Gasteiger partial charge in [-0.3, -0.25) is 9.58 Å². The Bertz CT molecular complexity index is 2260. The molecule has 0 saturated carbocycles. The van der Waals surface area contributed by atoms with Crippen LogP contribution in [0.3, 0.4) is 0 Å². The summed E-state index contributed by atoms with van der Waals surface area (Å²) in [6, 6.07) is 13.4. The molecule has 57 heavy (non-hydrogen) atoms. The molecule has 298 valence electrons. The zero-order valence-corrected chi connectivity index (χ0v) is 34.9. The summed E-state index contributed by atoms with van der Waals surface area (Å²) in [5.74, 6) is 2.18. The molecule has 2 atom stereocenters. The monoisotopic (exact) mass is 784 g/mol. The number of allylic oxidation sites excluding steroid dienone is 4. The number of anilines is 5. The van der Waals surface area contributed by atoms with Crippen LogP contribution in [0.15, 0.2) is 97.1 Å². The Morgan fingerprint density at radius 3 is 2.56 bits per heavy atom. The fraction of sp³-hybridized carbons (Fsp3) is 0.413. The normalized spacial score (nSPS) is 20.8. The van der Waals surface area contributed by atoms with Gasteiger partial charge >= 0.3 is 0 Å². The lowest BCUT2D eigenvalue weighted by molar-refractivity contribution is 0.149. The molecule has 3 fully saturated rings. The van der Waals surface area contributed by atoms with Crippen molar-refractivity contribution in [3.8, 4) is 0 Å². The van der Waals surface area contributed by atoms with Crippen LogP contribution in [0.1, 0.15) is 69.5 Å². The summed E-state index contributed by atoms with van der Waals surface area (Å²) in [5, 5.41) is 13.7. The van der Waals surface area contributed by atoms with Crippen molar-refractivity contribution >= 4 is 57.4 Å². The molecular formula is C46H57ClN10. The van der Waals surface area contributed by atoms with Gasteiger partial charge in [0.1, 0.15) is 5.02 Å². The summed E-state index contributed by atoms with van der Waals surface area (Å²) in [5.41, 5.74) is 12.3. The first-order valence-corrected chi connectivity index (χ1v) is 20.9. The van der Waals surface area contributed by atoms with Gasteiger partial charge in [-0.1, -0.05) is 49.0 Å². The van der Waals surface area contributed by atoms with Gasteiger partial charge in [0.25, 0.3) is 0 Å². The summed E-state index contributed by atoms with van der Waals surface area (Å²) in [6.07, 6.45) is 10.1. The number of likely N-dealkylation sites (N-methyl/N-ethyl adjacent to an activating group) is 1. The van der Waals surface area contributed by atoms with Crippen molar-refractivity contribution in [1.82, 2.24) is 30.0 Å². The average molecular weight is 785 g/mol. The van der Waals surface area contributed by atoms with E-state index in [9.17, 15) is 0 Å². The Hall–Kier alpha value is -5.06. The Balaban J connectivity index is 0.878. The summed E-state index contributed by atoms with van der Waals surface area (Å²) >= 11 is 6.68. The first kappa shape index (κ1) is 38.8. The summed E-state index contributed by atoms with van der Waals surface area (Å²) in [4.78, 5) is 19.3. The van der Waals surface area contributed by atoms with E-state index < -0.39 is 0 Å². The molecular weight excluding hydrogens is 728 g/mol. The SMILES string of the molecule is C=C(C)CCC1=Cc2cc(Nc3nc(N4CCN(CC5CCN(c6cccc7c(C8CCC(=C)NC8=C)nn(C)c67)CC5)C(C)C4)ncc3Cl)ccc2N(C)C1=C. The molecule has 3 saturated heterocycles. The number of nitrogens with zero attached hydrogens (tertiary/aromatic N) is 8. The van der Waals surface area contributed by atoms with Crippen molar-refractivity contribution in [3.63, 3.8) is 0 Å². The molecule has 6 heterocycles. The van der Waals surface area contributed by atoms with Crippen LogP contribution in [0.5, 0.6) is 0 Å². The number of halogens is 1. The maximum atomic E-state index is 6.68. The number of rotatable bonds is 10. The lowest BCUT2D eigenvalue weighted by atomic mass is 9.90. The van der Waals surface area contributed by atoms with E-state index >= 15 is 0 Å². The third kappa shape index (κ3) is 7.94. The van der Waals surface area contributed by atoms with Gasteiger partial charge in [0.2, 0.25) is 5.95 Å². The van der Waals surface area contributed by atoms with Crippen LogP contribution in [0.4, 0.5) is 28.8 Å². The fourth-order valence-electron chi connectivity index (χ4n) is 9.15. The van der Waals surface area contributed by atoms with Crippen LogP contribution in [-0.2, 0) is 7.05 Å². The number of benzene rings is 2. The first-order chi connectivity index (χ1) is 27.4. The predicted molar refractivity (Wildman–Crippen MR) is 239 cm³/mol. The smallest absolute Gasteiger partial charge is 0.227 e. The minimum Gasteiger partial charge on any atom is -0.370 e. The second-order valence-electron chi connectivity index (χ2n) is 16.6. The van der Waals surface area contributed by atoms with E-state index in [2.05, 4.69) is 137 Å². The third-order valence-corrected chi connectivity index (χ3v) is 12.8. The molecule has 8 rings (SSSR count). The Morgan fingerprint density at radius 1 is 1.00 bits per heavy atom. The van der Waals surface area contributed by atoms with E-state index in [0.717, 1.165) is 105 Å². The molecule has 10 nitrogen and oxygen atoms in total. The highest BCUT2D eigenvalue weighted by molar-refractivity contribution is 6.32. The number of para-hydroxylation sites is 1. The highest BCUT2D eigenvalue weighted by atomic mass is 35.5. The van der Waals surface area contributed by atoms with Gasteiger partial charge in [0, 0.05) is 105 Å². The van der Waals surface area contributed by atoms with Gasteiger partial charge < -0.3 is 25.3 Å². The molecule has 2 aromatic heterocycles. The zero-order chi connectivity index (χ0) is 40.0. The van der Waals surface area contributed by atoms with Crippen molar-refractivity contribution in [3.05, 3.63) is 113 Å². The standard InChI is InChI=1S/C46H57ClN10/c1-29(2)12-14-35-24-36-25-37(15-17-41(36)53(7)33(35)6)50-45-40(47)26-48-46(51-45)57-23-22-56(31(4)27-57)28-34-18-20-55(21-19-34)42-11-9-10-39-43(52-54(8)44(39)42)38-16-13-30(3)49-32(38)5/h9-11,15,17,24-26,31,34,38,49H,1,3,5-6,12-14,16,18-23,27-28H2,2,4,7-8H3,(H,48,50,51). The molecule has 2 unspecified atom stereocenters. The molecule has 2 N–H and O–H groups in total. The number of nitrogens with one attached hydrogen (secondary N) is 2. The lowest BCUT2D eigenvalue weighted by Crippen LogP contribution is -2.54. The van der Waals surface area contributed by atoms with Crippen LogP contribution in [0.25, 0.3) is 17.0 Å². The number of hydrogen-bond donors (Lipinski definition) is 2. The number of piperazine rings is 1. The Kier molecular flexibility index (Phi) is 10.9. The summed E-state index contributed by atoms with van der Waals surface area (Å²) in [6.45, 7) is 27.2. The molecule has 0 spiro atoms. The summed E-state index contributed by atoms with van der Waals surface area (Å²) < 4.78 is 2.08. The topological polar surface area (TPSA) is 80.6 Å². The number of fused-ring (bicyclic) bond motifs is 2.